The standard InChI is InChI=1S/C13H14N4O3/c1-8-6-10(16-15-8)13(19)17-14-7-9-4-3-5-11(20-2)12(9)18/h3-7,18H,1-2H3,(H,15,16)(H,17,19)/b14-7+. The number of amides is 1. The third-order valence-electron chi connectivity index (χ3n) is 2.56. The van der Waals surface area contributed by atoms with Crippen LogP contribution in [0.15, 0.2) is 29.4 Å². The Morgan fingerprint density at radius 2 is 2.35 bits per heavy atom. The summed E-state index contributed by atoms with van der Waals surface area (Å²) in [6.45, 7) is 1.79. The molecule has 1 aromatic carbocycles. The number of benzene rings is 1. The zero-order valence-corrected chi connectivity index (χ0v) is 11.0. The van der Waals surface area contributed by atoms with Crippen molar-refractivity contribution in [1.29, 1.82) is 0 Å². The summed E-state index contributed by atoms with van der Waals surface area (Å²) in [5, 5.41) is 20.1. The van der Waals surface area contributed by atoms with Crippen molar-refractivity contribution in [2.45, 2.75) is 6.92 Å². The molecule has 0 atom stereocenters. The van der Waals surface area contributed by atoms with Gasteiger partial charge in [0, 0.05) is 11.3 Å². The van der Waals surface area contributed by atoms with Crippen LogP contribution in [0, 0.1) is 6.92 Å². The van der Waals surface area contributed by atoms with Gasteiger partial charge >= 0.3 is 0 Å². The molecule has 0 fully saturated rings. The Balaban J connectivity index is 2.05. The molecule has 2 rings (SSSR count). The molecule has 20 heavy (non-hydrogen) atoms. The van der Waals surface area contributed by atoms with Crippen molar-refractivity contribution in [2.75, 3.05) is 7.11 Å². The first-order chi connectivity index (χ1) is 9.61. The lowest BCUT2D eigenvalue weighted by molar-refractivity contribution is 0.0950. The van der Waals surface area contributed by atoms with Crippen LogP contribution in [0.3, 0.4) is 0 Å². The van der Waals surface area contributed by atoms with E-state index in [0.717, 1.165) is 5.69 Å². The van der Waals surface area contributed by atoms with Crippen molar-refractivity contribution < 1.29 is 14.6 Å². The van der Waals surface area contributed by atoms with E-state index in [4.69, 9.17) is 4.74 Å². The fraction of sp³-hybridized carbons (Fsp3) is 0.154. The van der Waals surface area contributed by atoms with Gasteiger partial charge < -0.3 is 9.84 Å². The predicted octanol–water partition coefficient (Wildman–Crippen LogP) is 1.20. The summed E-state index contributed by atoms with van der Waals surface area (Å²) >= 11 is 0. The summed E-state index contributed by atoms with van der Waals surface area (Å²) in [4.78, 5) is 11.7. The number of carbonyl (C=O) groups excluding carboxylic acids is 1. The Morgan fingerprint density at radius 3 is 3.00 bits per heavy atom. The molecular weight excluding hydrogens is 260 g/mol. The summed E-state index contributed by atoms with van der Waals surface area (Å²) in [5.41, 5.74) is 3.78. The first kappa shape index (κ1) is 13.6. The van der Waals surface area contributed by atoms with E-state index in [1.807, 2.05) is 0 Å². The van der Waals surface area contributed by atoms with Crippen LogP contribution in [0.2, 0.25) is 0 Å². The molecule has 1 heterocycles. The molecule has 3 N–H and O–H groups in total. The second-order valence-corrected chi connectivity index (χ2v) is 4.03. The number of aromatic nitrogens is 2. The van der Waals surface area contributed by atoms with Gasteiger partial charge in [0.2, 0.25) is 0 Å². The zero-order chi connectivity index (χ0) is 14.5. The molecular formula is C13H14N4O3. The highest BCUT2D eigenvalue weighted by Gasteiger charge is 2.08. The molecule has 0 aliphatic carbocycles. The molecule has 1 aromatic heterocycles. The van der Waals surface area contributed by atoms with Crippen molar-refractivity contribution in [3.05, 3.63) is 41.2 Å². The molecule has 104 valence electrons. The number of phenols is 1. The molecule has 0 unspecified atom stereocenters. The zero-order valence-electron chi connectivity index (χ0n) is 11.0. The second kappa shape index (κ2) is 5.87. The van der Waals surface area contributed by atoms with E-state index in [9.17, 15) is 9.90 Å². The van der Waals surface area contributed by atoms with Gasteiger partial charge in [-0.3, -0.25) is 9.89 Å². The lowest BCUT2D eigenvalue weighted by Crippen LogP contribution is -2.18. The Hall–Kier alpha value is -2.83. The van der Waals surface area contributed by atoms with E-state index in [-0.39, 0.29) is 11.4 Å². The van der Waals surface area contributed by atoms with Crippen molar-refractivity contribution in [3.8, 4) is 11.5 Å². The number of rotatable bonds is 4. The van der Waals surface area contributed by atoms with E-state index < -0.39 is 5.91 Å². The van der Waals surface area contributed by atoms with E-state index in [1.165, 1.54) is 13.3 Å². The molecule has 7 nitrogen and oxygen atoms in total. The molecule has 0 radical (unpaired) electrons. The lowest BCUT2D eigenvalue weighted by atomic mass is 10.2. The molecule has 0 saturated heterocycles. The summed E-state index contributed by atoms with van der Waals surface area (Å²) in [6, 6.07) is 6.58. The summed E-state index contributed by atoms with van der Waals surface area (Å²) in [7, 11) is 1.46. The van der Waals surface area contributed by atoms with Gasteiger partial charge in [-0.1, -0.05) is 6.07 Å². The smallest absolute Gasteiger partial charge is 0.291 e. The Labute approximate surface area is 115 Å². The highest BCUT2D eigenvalue weighted by Crippen LogP contribution is 2.27. The lowest BCUT2D eigenvalue weighted by Gasteiger charge is -2.04. The Kier molecular flexibility index (Phi) is 3.99. The maximum atomic E-state index is 11.7. The number of methoxy groups -OCH3 is 1. The van der Waals surface area contributed by atoms with Gasteiger partial charge in [0.25, 0.3) is 5.91 Å². The highest BCUT2D eigenvalue weighted by atomic mass is 16.5. The van der Waals surface area contributed by atoms with E-state index in [1.54, 1.807) is 31.2 Å². The maximum absolute atomic E-state index is 11.7. The van der Waals surface area contributed by atoms with Gasteiger partial charge in [-0.2, -0.15) is 10.2 Å². The second-order valence-electron chi connectivity index (χ2n) is 4.03. The number of hydrazone groups is 1. The first-order valence-corrected chi connectivity index (χ1v) is 5.83. The van der Waals surface area contributed by atoms with Crippen LogP contribution in [-0.2, 0) is 0 Å². The number of hydrogen-bond donors (Lipinski definition) is 3. The van der Waals surface area contributed by atoms with Crippen molar-refractivity contribution in [2.24, 2.45) is 5.10 Å². The largest absolute Gasteiger partial charge is 0.504 e. The van der Waals surface area contributed by atoms with Gasteiger partial charge in [-0.25, -0.2) is 5.43 Å². The van der Waals surface area contributed by atoms with E-state index in [0.29, 0.717) is 11.3 Å². The molecule has 7 heteroatoms. The van der Waals surface area contributed by atoms with Crippen LogP contribution in [0.5, 0.6) is 11.5 Å². The summed E-state index contributed by atoms with van der Waals surface area (Å²) < 4.78 is 4.97. The number of aromatic amines is 1. The number of aromatic hydroxyl groups is 1. The van der Waals surface area contributed by atoms with Gasteiger partial charge in [0.05, 0.1) is 13.3 Å². The van der Waals surface area contributed by atoms with Crippen LogP contribution in [-0.4, -0.2) is 34.5 Å². The topological polar surface area (TPSA) is 99.6 Å². The minimum Gasteiger partial charge on any atom is -0.504 e. The number of nitrogens with one attached hydrogen (secondary N) is 2. The van der Waals surface area contributed by atoms with Gasteiger partial charge in [0.15, 0.2) is 17.2 Å². The van der Waals surface area contributed by atoms with Crippen LogP contribution >= 0.6 is 0 Å². The number of hydrogen-bond acceptors (Lipinski definition) is 5. The van der Waals surface area contributed by atoms with Crippen LogP contribution in [0.1, 0.15) is 21.7 Å². The fourth-order valence-electron chi connectivity index (χ4n) is 1.56. The minimum atomic E-state index is -0.437. The maximum Gasteiger partial charge on any atom is 0.291 e. The van der Waals surface area contributed by atoms with E-state index in [2.05, 4.69) is 20.7 Å². The van der Waals surface area contributed by atoms with Crippen LogP contribution in [0.25, 0.3) is 0 Å². The third-order valence-corrected chi connectivity index (χ3v) is 2.56. The molecule has 0 aliphatic rings. The predicted molar refractivity (Wildman–Crippen MR) is 73.0 cm³/mol. The van der Waals surface area contributed by atoms with Gasteiger partial charge in [-0.05, 0) is 25.1 Å². The number of carbonyl (C=O) groups is 1. The first-order valence-electron chi connectivity index (χ1n) is 5.83. The van der Waals surface area contributed by atoms with Crippen molar-refractivity contribution in [1.82, 2.24) is 15.6 Å². The number of nitrogens with zero attached hydrogens (tertiary/aromatic N) is 2. The SMILES string of the molecule is COc1cccc(/C=N/NC(=O)c2cc(C)[nH]n2)c1O. The van der Waals surface area contributed by atoms with Crippen LogP contribution in [0.4, 0.5) is 0 Å². The summed E-state index contributed by atoms with van der Waals surface area (Å²) in [5.74, 6) is -0.139. The number of H-pyrrole nitrogens is 1. The number of phenolic OH excluding ortho intramolecular Hbond substituents is 1. The van der Waals surface area contributed by atoms with E-state index >= 15 is 0 Å². The molecule has 2 aromatic rings. The van der Waals surface area contributed by atoms with Gasteiger partial charge in [0.1, 0.15) is 0 Å². The fourth-order valence-corrected chi connectivity index (χ4v) is 1.56. The quantitative estimate of drug-likeness (QED) is 0.576. The molecule has 0 spiro atoms. The Bertz CT molecular complexity index is 649. The average molecular weight is 274 g/mol. The Morgan fingerprint density at radius 1 is 1.55 bits per heavy atom. The number of aryl methyl sites for hydroxylation is 1. The molecule has 0 aliphatic heterocycles. The normalized spacial score (nSPS) is 10.7. The van der Waals surface area contributed by atoms with Crippen molar-refractivity contribution in [3.63, 3.8) is 0 Å². The summed E-state index contributed by atoms with van der Waals surface area (Å²) in [6.07, 6.45) is 1.33. The minimum absolute atomic E-state index is 0.0383. The molecule has 0 saturated carbocycles. The monoisotopic (exact) mass is 274 g/mol. The highest BCUT2D eigenvalue weighted by molar-refractivity contribution is 5.93. The number of para-hydroxylation sites is 1. The molecule has 1 amide bonds. The third kappa shape index (κ3) is 2.94. The molecule has 0 bridgehead atoms. The average Bonchev–Trinajstić information content (AvgIpc) is 2.87. The van der Waals surface area contributed by atoms with Crippen molar-refractivity contribution >= 4 is 12.1 Å². The van der Waals surface area contributed by atoms with Crippen LogP contribution < -0.4 is 10.2 Å². The number of ether oxygens (including phenoxy) is 1. The van der Waals surface area contributed by atoms with Gasteiger partial charge in [-0.15, -0.1) is 0 Å².